The minimum absolute atomic E-state index is 0.184. The van der Waals surface area contributed by atoms with E-state index in [0.717, 1.165) is 25.7 Å². The van der Waals surface area contributed by atoms with Crippen LogP contribution in [0, 0.1) is 0 Å². The fourth-order valence-corrected chi connectivity index (χ4v) is 3.67. The van der Waals surface area contributed by atoms with E-state index in [1.54, 1.807) is 36.1 Å². The van der Waals surface area contributed by atoms with Crippen molar-refractivity contribution in [3.63, 3.8) is 0 Å². The Kier molecular flexibility index (Phi) is 9.60. The lowest BCUT2D eigenvalue weighted by Gasteiger charge is -2.14. The first kappa shape index (κ1) is 23.7. The number of ether oxygens (including phenoxy) is 1. The maximum Gasteiger partial charge on any atom is 0.338 e. The molecule has 1 saturated heterocycles. The Balaban J connectivity index is 2.07. The number of esters is 1. The van der Waals surface area contributed by atoms with E-state index in [1.165, 1.54) is 17.8 Å². The summed E-state index contributed by atoms with van der Waals surface area (Å²) in [7, 11) is 0. The Morgan fingerprint density at radius 2 is 1.83 bits per heavy atom. The summed E-state index contributed by atoms with van der Waals surface area (Å²) in [6.07, 6.45) is 5.16. The van der Waals surface area contributed by atoms with Crippen LogP contribution < -0.4 is 5.32 Å². The van der Waals surface area contributed by atoms with Crippen molar-refractivity contribution >= 4 is 40.4 Å². The number of carbonyl (C=O) groups excluding carboxylic acids is 3. The summed E-state index contributed by atoms with van der Waals surface area (Å²) in [5.74, 6) is -0.996. The second-order valence-corrected chi connectivity index (χ2v) is 7.74. The van der Waals surface area contributed by atoms with Crippen LogP contribution in [0.4, 0.5) is 5.69 Å². The van der Waals surface area contributed by atoms with Gasteiger partial charge < -0.3 is 10.1 Å². The van der Waals surface area contributed by atoms with Gasteiger partial charge in [-0.2, -0.15) is 0 Å². The molecule has 0 radical (unpaired) electrons. The molecule has 0 unspecified atom stereocenters. The monoisotopic (exact) mass is 431 g/mol. The highest BCUT2D eigenvalue weighted by atomic mass is 32.2. The Hall–Kier alpha value is -2.61. The lowest BCUT2D eigenvalue weighted by molar-refractivity contribution is -0.122. The molecule has 162 valence electrons. The molecule has 1 aromatic carbocycles. The highest BCUT2D eigenvalue weighted by Gasteiger charge is 2.33. The average Bonchev–Trinajstić information content (AvgIpc) is 3.01. The van der Waals surface area contributed by atoms with Gasteiger partial charge in [-0.1, -0.05) is 26.7 Å². The van der Waals surface area contributed by atoms with Gasteiger partial charge in [-0.15, -0.1) is 0 Å². The minimum atomic E-state index is -0.410. The Morgan fingerprint density at radius 3 is 2.47 bits per heavy atom. The molecule has 1 N–H and O–H groups in total. The van der Waals surface area contributed by atoms with Gasteiger partial charge >= 0.3 is 5.97 Å². The van der Waals surface area contributed by atoms with Crippen molar-refractivity contribution in [1.29, 1.82) is 0 Å². The van der Waals surface area contributed by atoms with Gasteiger partial charge in [0.15, 0.2) is 5.17 Å². The molecule has 1 aliphatic heterocycles. The number of hydrogen-bond acceptors (Lipinski definition) is 6. The fraction of sp³-hybridized carbons (Fsp3) is 0.455. The van der Waals surface area contributed by atoms with Crippen molar-refractivity contribution < 1.29 is 19.1 Å². The van der Waals surface area contributed by atoms with Gasteiger partial charge in [0.25, 0.3) is 5.91 Å². The van der Waals surface area contributed by atoms with Gasteiger partial charge in [0.2, 0.25) is 5.91 Å². The van der Waals surface area contributed by atoms with Gasteiger partial charge in [-0.3, -0.25) is 19.5 Å². The minimum Gasteiger partial charge on any atom is -0.462 e. The summed E-state index contributed by atoms with van der Waals surface area (Å²) in [5, 5.41) is 3.39. The third-order valence-corrected chi connectivity index (χ3v) is 5.35. The summed E-state index contributed by atoms with van der Waals surface area (Å²) >= 11 is 1.24. The van der Waals surface area contributed by atoms with Gasteiger partial charge in [0.1, 0.15) is 0 Å². The van der Waals surface area contributed by atoms with Crippen molar-refractivity contribution in [1.82, 2.24) is 4.90 Å². The predicted molar refractivity (Wildman–Crippen MR) is 121 cm³/mol. The smallest absolute Gasteiger partial charge is 0.338 e. The average molecular weight is 432 g/mol. The number of benzene rings is 1. The zero-order valence-electron chi connectivity index (χ0n) is 17.8. The summed E-state index contributed by atoms with van der Waals surface area (Å²) in [4.78, 5) is 43.4. The highest BCUT2D eigenvalue weighted by Crippen LogP contribution is 2.31. The Labute approximate surface area is 182 Å². The summed E-state index contributed by atoms with van der Waals surface area (Å²) in [6.45, 7) is 7.47. The van der Waals surface area contributed by atoms with E-state index < -0.39 is 11.9 Å². The molecule has 2 amide bonds. The number of hydrogen-bond donors (Lipinski definition) is 1. The highest BCUT2D eigenvalue weighted by molar-refractivity contribution is 8.18. The fourth-order valence-electron chi connectivity index (χ4n) is 2.67. The maximum atomic E-state index is 12.7. The number of carbonyl (C=O) groups is 3. The van der Waals surface area contributed by atoms with Crippen LogP contribution >= 0.6 is 11.8 Å². The van der Waals surface area contributed by atoms with Gasteiger partial charge in [-0.25, -0.2) is 4.79 Å². The normalized spacial score (nSPS) is 16.4. The molecule has 7 nitrogen and oxygen atoms in total. The first-order chi connectivity index (χ1) is 14.5. The molecule has 1 fully saturated rings. The molecule has 30 heavy (non-hydrogen) atoms. The van der Waals surface area contributed by atoms with E-state index in [0.29, 0.717) is 41.0 Å². The van der Waals surface area contributed by atoms with E-state index in [1.807, 2.05) is 0 Å². The zero-order chi connectivity index (χ0) is 21.9. The topological polar surface area (TPSA) is 88.1 Å². The number of unbranched alkanes of at least 4 members (excludes halogenated alkanes) is 2. The summed E-state index contributed by atoms with van der Waals surface area (Å²) in [6, 6.07) is 6.41. The number of anilines is 1. The molecule has 0 atom stereocenters. The number of nitrogens with zero attached hydrogens (tertiary/aromatic N) is 2. The first-order valence-electron chi connectivity index (χ1n) is 10.3. The predicted octanol–water partition coefficient (Wildman–Crippen LogP) is 4.22. The van der Waals surface area contributed by atoms with Gasteiger partial charge in [0.05, 0.1) is 17.1 Å². The van der Waals surface area contributed by atoms with Gasteiger partial charge in [0, 0.05) is 24.9 Å². The van der Waals surface area contributed by atoms with Crippen LogP contribution in [0.3, 0.4) is 0 Å². The van der Waals surface area contributed by atoms with E-state index in [4.69, 9.17) is 4.74 Å². The zero-order valence-corrected chi connectivity index (χ0v) is 18.6. The second-order valence-electron chi connectivity index (χ2n) is 6.73. The number of nitrogens with one attached hydrogen (secondary N) is 1. The van der Waals surface area contributed by atoms with Gasteiger partial charge in [-0.05, 0) is 55.8 Å². The first-order valence-corrected chi connectivity index (χ1v) is 11.2. The Morgan fingerprint density at radius 1 is 1.13 bits per heavy atom. The largest absolute Gasteiger partial charge is 0.462 e. The quantitative estimate of drug-likeness (QED) is 0.340. The lowest BCUT2D eigenvalue weighted by Crippen LogP contribution is -2.30. The molecule has 1 aromatic rings. The summed E-state index contributed by atoms with van der Waals surface area (Å²) in [5.41, 5.74) is 0.939. The van der Waals surface area contributed by atoms with E-state index >= 15 is 0 Å². The SMILES string of the molecule is CCCCN=C1SC(=CC(=O)Nc2ccc(C(=O)OCC)cc2)C(=O)N1CCCC. The number of thioether (sulfide) groups is 1. The molecular formula is C22H29N3O4S. The molecule has 0 aliphatic carbocycles. The Bertz CT molecular complexity index is 818. The van der Waals surface area contributed by atoms with Crippen molar-refractivity contribution in [2.24, 2.45) is 4.99 Å². The van der Waals surface area contributed by atoms with E-state index in [2.05, 4.69) is 24.2 Å². The van der Waals surface area contributed by atoms with E-state index in [-0.39, 0.29) is 5.91 Å². The molecule has 8 heteroatoms. The molecule has 0 aromatic heterocycles. The molecular weight excluding hydrogens is 402 g/mol. The van der Waals surface area contributed by atoms with Crippen molar-refractivity contribution in [2.75, 3.05) is 25.0 Å². The van der Waals surface area contributed by atoms with Crippen LogP contribution in [-0.4, -0.2) is 47.5 Å². The van der Waals surface area contributed by atoms with Crippen molar-refractivity contribution in [2.45, 2.75) is 46.5 Å². The molecule has 0 saturated carbocycles. The molecule has 0 bridgehead atoms. The lowest BCUT2D eigenvalue weighted by atomic mass is 10.2. The number of amidine groups is 1. The number of rotatable bonds is 10. The second kappa shape index (κ2) is 12.2. The van der Waals surface area contributed by atoms with Crippen LogP contribution in [0.1, 0.15) is 56.8 Å². The third kappa shape index (κ3) is 6.73. The summed E-state index contributed by atoms with van der Waals surface area (Å²) < 4.78 is 4.94. The van der Waals surface area contributed by atoms with Crippen molar-refractivity contribution in [3.8, 4) is 0 Å². The third-order valence-electron chi connectivity index (χ3n) is 4.31. The molecule has 0 spiro atoms. The van der Waals surface area contributed by atoms with Crippen LogP contribution in [-0.2, 0) is 14.3 Å². The van der Waals surface area contributed by atoms with Crippen LogP contribution in [0.5, 0.6) is 0 Å². The van der Waals surface area contributed by atoms with Crippen LogP contribution in [0.2, 0.25) is 0 Å². The number of aliphatic imine (C=N–C) groups is 1. The molecule has 1 aliphatic rings. The molecule has 1 heterocycles. The van der Waals surface area contributed by atoms with Crippen LogP contribution in [0.15, 0.2) is 40.2 Å². The standard InChI is InChI=1S/C22H29N3O4S/c1-4-7-13-23-22-25(14-8-5-2)20(27)18(30-22)15-19(26)24-17-11-9-16(10-12-17)21(28)29-6-3/h9-12,15H,4-8,13-14H2,1-3H3,(H,24,26). The molecule has 2 rings (SSSR count). The number of amides is 2. The van der Waals surface area contributed by atoms with Crippen molar-refractivity contribution in [3.05, 3.63) is 40.8 Å². The maximum absolute atomic E-state index is 12.7. The van der Waals surface area contributed by atoms with Crippen LogP contribution in [0.25, 0.3) is 0 Å². The van der Waals surface area contributed by atoms with E-state index in [9.17, 15) is 14.4 Å².